The Labute approximate surface area is 160 Å². The number of imidazole rings is 1. The fourth-order valence-corrected chi connectivity index (χ4v) is 4.67. The van der Waals surface area contributed by atoms with Crippen molar-refractivity contribution < 1.29 is 0 Å². The highest BCUT2D eigenvalue weighted by atomic mass is 15.3. The highest BCUT2D eigenvalue weighted by molar-refractivity contribution is 5.93. The van der Waals surface area contributed by atoms with E-state index in [0.717, 1.165) is 51.3 Å². The van der Waals surface area contributed by atoms with Gasteiger partial charge in [0.25, 0.3) is 0 Å². The van der Waals surface area contributed by atoms with Crippen molar-refractivity contribution in [2.24, 2.45) is 4.99 Å². The first-order chi connectivity index (χ1) is 13.3. The van der Waals surface area contributed by atoms with Crippen LogP contribution in [0.2, 0.25) is 0 Å². The average molecular weight is 364 g/mol. The first kappa shape index (κ1) is 17.0. The van der Waals surface area contributed by atoms with Crippen molar-refractivity contribution in [1.29, 1.82) is 0 Å². The number of fused-ring (bicyclic) bond motifs is 1. The van der Waals surface area contributed by atoms with Gasteiger partial charge in [-0.05, 0) is 38.6 Å². The molecule has 142 valence electrons. The number of aromatic nitrogens is 2. The van der Waals surface area contributed by atoms with Crippen molar-refractivity contribution in [3.63, 3.8) is 0 Å². The zero-order valence-electron chi connectivity index (χ0n) is 16.1. The zero-order chi connectivity index (χ0) is 18.2. The predicted molar refractivity (Wildman–Crippen MR) is 110 cm³/mol. The highest BCUT2D eigenvalue weighted by Crippen LogP contribution is 2.29. The molecule has 3 aliphatic rings. The van der Waals surface area contributed by atoms with Gasteiger partial charge in [0.15, 0.2) is 0 Å². The van der Waals surface area contributed by atoms with Crippen LogP contribution >= 0.6 is 0 Å². The van der Waals surface area contributed by atoms with E-state index in [0.29, 0.717) is 6.04 Å². The van der Waals surface area contributed by atoms with Crippen LogP contribution in [-0.2, 0) is 6.54 Å². The van der Waals surface area contributed by atoms with E-state index < -0.39 is 0 Å². The molecule has 0 aliphatic carbocycles. The molecule has 2 fully saturated rings. The molecule has 2 saturated heterocycles. The molecular weight excluding hydrogens is 336 g/mol. The number of likely N-dealkylation sites (N-methyl/N-ethyl adjacent to an activating group) is 1. The fraction of sp³-hybridized carbons (Fsp3) is 0.524. The van der Waals surface area contributed by atoms with Crippen LogP contribution in [-0.4, -0.2) is 70.7 Å². The van der Waals surface area contributed by atoms with Crippen LogP contribution in [0.25, 0.3) is 5.65 Å². The van der Waals surface area contributed by atoms with Gasteiger partial charge < -0.3 is 9.80 Å². The van der Waals surface area contributed by atoms with Gasteiger partial charge in [-0.3, -0.25) is 14.3 Å². The molecule has 1 unspecified atom stereocenters. The summed E-state index contributed by atoms with van der Waals surface area (Å²) in [5.74, 6) is 1.29. The number of allylic oxidation sites excluding steroid dienone is 1. The van der Waals surface area contributed by atoms with E-state index in [1.165, 1.54) is 30.1 Å². The molecule has 6 nitrogen and oxygen atoms in total. The third-order valence-corrected chi connectivity index (χ3v) is 6.15. The van der Waals surface area contributed by atoms with Gasteiger partial charge in [-0.1, -0.05) is 12.1 Å². The Balaban J connectivity index is 1.46. The van der Waals surface area contributed by atoms with Gasteiger partial charge in [0.05, 0.1) is 5.69 Å². The Morgan fingerprint density at radius 2 is 2.00 bits per heavy atom. The first-order valence-corrected chi connectivity index (χ1v) is 10.1. The number of anilines is 1. The standard InChI is InChI=1S/C21H28N6/c1-24-12-14-25(15-13-24)21-18(23-20-8-2-3-11-27(20)21)16-26-10-5-7-19(26)17-6-4-9-22-17/h2-4,8-9,11,19H,5-7,10,12-16H2,1H3. The van der Waals surface area contributed by atoms with Crippen LogP contribution in [0.4, 0.5) is 5.82 Å². The quantitative estimate of drug-likeness (QED) is 0.835. The number of nitrogens with zero attached hydrogens (tertiary/aromatic N) is 6. The number of piperazine rings is 1. The monoisotopic (exact) mass is 364 g/mol. The van der Waals surface area contributed by atoms with Gasteiger partial charge in [0, 0.05) is 63.3 Å². The summed E-state index contributed by atoms with van der Waals surface area (Å²) in [4.78, 5) is 17.2. The minimum atomic E-state index is 0.477. The van der Waals surface area contributed by atoms with Crippen LogP contribution in [0.5, 0.6) is 0 Å². The number of likely N-dealkylation sites (tertiary alicyclic amines) is 1. The number of hydrogen-bond acceptors (Lipinski definition) is 5. The lowest BCUT2D eigenvalue weighted by Gasteiger charge is -2.34. The van der Waals surface area contributed by atoms with E-state index in [-0.39, 0.29) is 0 Å². The Bertz CT molecular complexity index is 874. The maximum Gasteiger partial charge on any atom is 0.138 e. The van der Waals surface area contributed by atoms with Crippen LogP contribution in [0, 0.1) is 0 Å². The molecule has 27 heavy (non-hydrogen) atoms. The Kier molecular flexibility index (Phi) is 4.45. The molecule has 1 atom stereocenters. The SMILES string of the molecule is CN1CCN(c2c(CN3CCCC3C3=NC=CC3)nc3ccccn23)CC1. The molecule has 0 radical (unpaired) electrons. The largest absolute Gasteiger partial charge is 0.354 e. The number of pyridine rings is 1. The van der Waals surface area contributed by atoms with E-state index in [4.69, 9.17) is 4.98 Å². The van der Waals surface area contributed by atoms with Crippen molar-refractivity contribution in [2.45, 2.75) is 31.8 Å². The van der Waals surface area contributed by atoms with Gasteiger partial charge in [-0.2, -0.15) is 0 Å². The van der Waals surface area contributed by atoms with Crippen molar-refractivity contribution in [1.82, 2.24) is 19.2 Å². The third kappa shape index (κ3) is 3.17. The van der Waals surface area contributed by atoms with E-state index in [1.807, 2.05) is 6.20 Å². The Hall–Kier alpha value is -2.18. The molecular formula is C21H28N6. The molecule has 0 amide bonds. The molecule has 5 heterocycles. The van der Waals surface area contributed by atoms with Gasteiger partial charge in [-0.25, -0.2) is 4.98 Å². The van der Waals surface area contributed by atoms with E-state index in [1.54, 1.807) is 0 Å². The fourth-order valence-electron chi connectivity index (χ4n) is 4.67. The topological polar surface area (TPSA) is 39.4 Å². The van der Waals surface area contributed by atoms with Gasteiger partial charge in [0.2, 0.25) is 0 Å². The maximum atomic E-state index is 5.04. The second-order valence-corrected chi connectivity index (χ2v) is 7.94. The van der Waals surface area contributed by atoms with Crippen molar-refractivity contribution in [2.75, 3.05) is 44.7 Å². The minimum absolute atomic E-state index is 0.477. The summed E-state index contributed by atoms with van der Waals surface area (Å²) >= 11 is 0. The lowest BCUT2D eigenvalue weighted by molar-refractivity contribution is 0.288. The molecule has 2 aromatic rings. The normalized spacial score (nSPS) is 24.3. The summed E-state index contributed by atoms with van der Waals surface area (Å²) < 4.78 is 2.28. The van der Waals surface area contributed by atoms with Crippen molar-refractivity contribution >= 4 is 17.2 Å². The highest BCUT2D eigenvalue weighted by Gasteiger charge is 2.31. The molecule has 0 spiro atoms. The molecule has 0 N–H and O–H groups in total. The van der Waals surface area contributed by atoms with Crippen LogP contribution in [0.1, 0.15) is 25.0 Å². The summed E-state index contributed by atoms with van der Waals surface area (Å²) in [6, 6.07) is 6.79. The molecule has 2 aromatic heterocycles. The van der Waals surface area contributed by atoms with Gasteiger partial charge in [-0.15, -0.1) is 0 Å². The summed E-state index contributed by atoms with van der Waals surface area (Å²) in [7, 11) is 2.21. The second-order valence-electron chi connectivity index (χ2n) is 7.94. The summed E-state index contributed by atoms with van der Waals surface area (Å²) in [6.45, 7) is 6.38. The summed E-state index contributed by atoms with van der Waals surface area (Å²) in [5.41, 5.74) is 3.60. The molecule has 5 rings (SSSR count). The van der Waals surface area contributed by atoms with Crippen LogP contribution < -0.4 is 4.90 Å². The molecule has 0 bridgehead atoms. The lowest BCUT2D eigenvalue weighted by Crippen LogP contribution is -2.45. The molecule has 3 aliphatic heterocycles. The Morgan fingerprint density at radius 1 is 1.11 bits per heavy atom. The lowest BCUT2D eigenvalue weighted by atomic mass is 10.1. The van der Waals surface area contributed by atoms with E-state index >= 15 is 0 Å². The maximum absolute atomic E-state index is 5.04. The smallest absolute Gasteiger partial charge is 0.138 e. The zero-order valence-corrected chi connectivity index (χ0v) is 16.1. The molecule has 0 aromatic carbocycles. The number of rotatable bonds is 4. The van der Waals surface area contributed by atoms with E-state index in [9.17, 15) is 0 Å². The Morgan fingerprint density at radius 3 is 2.81 bits per heavy atom. The second kappa shape index (κ2) is 7.09. The van der Waals surface area contributed by atoms with Crippen LogP contribution in [0.3, 0.4) is 0 Å². The van der Waals surface area contributed by atoms with Crippen molar-refractivity contribution in [3.05, 3.63) is 42.4 Å². The average Bonchev–Trinajstić information content (AvgIpc) is 3.42. The van der Waals surface area contributed by atoms with Gasteiger partial charge >= 0.3 is 0 Å². The first-order valence-electron chi connectivity index (χ1n) is 10.1. The van der Waals surface area contributed by atoms with E-state index in [2.05, 4.69) is 61.6 Å². The van der Waals surface area contributed by atoms with Crippen molar-refractivity contribution in [3.8, 4) is 0 Å². The number of hydrogen-bond donors (Lipinski definition) is 0. The predicted octanol–water partition coefficient (Wildman–Crippen LogP) is 2.41. The summed E-state index contributed by atoms with van der Waals surface area (Å²) in [5, 5.41) is 0. The summed E-state index contributed by atoms with van der Waals surface area (Å²) in [6.07, 6.45) is 9.78. The molecule has 0 saturated carbocycles. The molecule has 6 heteroatoms. The van der Waals surface area contributed by atoms with Gasteiger partial charge in [0.1, 0.15) is 11.5 Å². The number of aliphatic imine (C=N–C) groups is 1. The minimum Gasteiger partial charge on any atom is -0.354 e. The van der Waals surface area contributed by atoms with Crippen LogP contribution in [0.15, 0.2) is 41.7 Å². The third-order valence-electron chi connectivity index (χ3n) is 6.15.